The SMILES string of the molecule is Cc1ncnc(NC(C)(C)CCCl)c1F. The minimum atomic E-state index is -0.403. The molecule has 0 aliphatic rings. The summed E-state index contributed by atoms with van der Waals surface area (Å²) in [4.78, 5) is 7.63. The van der Waals surface area contributed by atoms with Crippen molar-refractivity contribution >= 4 is 17.4 Å². The molecule has 3 nitrogen and oxygen atoms in total. The predicted octanol–water partition coefficient (Wildman–Crippen LogP) is 2.74. The molecule has 0 amide bonds. The lowest BCUT2D eigenvalue weighted by molar-refractivity contribution is 0.532. The van der Waals surface area contributed by atoms with E-state index in [1.165, 1.54) is 6.33 Å². The van der Waals surface area contributed by atoms with Gasteiger partial charge in [-0.3, -0.25) is 0 Å². The topological polar surface area (TPSA) is 37.8 Å². The highest BCUT2D eigenvalue weighted by atomic mass is 35.5. The van der Waals surface area contributed by atoms with Crippen molar-refractivity contribution < 1.29 is 4.39 Å². The Labute approximate surface area is 94.1 Å². The number of aromatic nitrogens is 2. The fraction of sp³-hybridized carbons (Fsp3) is 0.600. The Morgan fingerprint density at radius 3 is 2.73 bits per heavy atom. The van der Waals surface area contributed by atoms with Gasteiger partial charge in [-0.1, -0.05) is 0 Å². The fourth-order valence-electron chi connectivity index (χ4n) is 1.16. The lowest BCUT2D eigenvalue weighted by atomic mass is 10.0. The van der Waals surface area contributed by atoms with Crippen LogP contribution in [-0.2, 0) is 0 Å². The molecule has 0 bridgehead atoms. The molecule has 1 rings (SSSR count). The van der Waals surface area contributed by atoms with Gasteiger partial charge < -0.3 is 5.32 Å². The molecular weight excluding hydrogens is 217 g/mol. The zero-order valence-electron chi connectivity index (χ0n) is 9.14. The fourth-order valence-corrected chi connectivity index (χ4v) is 1.64. The molecule has 15 heavy (non-hydrogen) atoms. The van der Waals surface area contributed by atoms with E-state index in [2.05, 4.69) is 15.3 Å². The van der Waals surface area contributed by atoms with Crippen molar-refractivity contribution in [2.24, 2.45) is 0 Å². The van der Waals surface area contributed by atoms with E-state index < -0.39 is 5.82 Å². The van der Waals surface area contributed by atoms with Gasteiger partial charge >= 0.3 is 0 Å². The van der Waals surface area contributed by atoms with Crippen LogP contribution >= 0.6 is 11.6 Å². The Hall–Kier alpha value is -0.900. The maximum atomic E-state index is 13.6. The van der Waals surface area contributed by atoms with Gasteiger partial charge in [0.15, 0.2) is 11.6 Å². The highest BCUT2D eigenvalue weighted by Gasteiger charge is 2.19. The second-order valence-electron chi connectivity index (χ2n) is 4.07. The molecule has 0 spiro atoms. The van der Waals surface area contributed by atoms with Crippen LogP contribution in [0.1, 0.15) is 26.0 Å². The largest absolute Gasteiger partial charge is 0.363 e. The van der Waals surface area contributed by atoms with Gasteiger partial charge in [0, 0.05) is 11.4 Å². The number of rotatable bonds is 4. The van der Waals surface area contributed by atoms with Crippen molar-refractivity contribution in [3.05, 3.63) is 17.8 Å². The molecule has 0 radical (unpaired) electrons. The molecule has 1 heterocycles. The molecule has 0 aliphatic carbocycles. The van der Waals surface area contributed by atoms with Crippen LogP contribution in [0.4, 0.5) is 10.2 Å². The number of nitrogens with one attached hydrogen (secondary N) is 1. The summed E-state index contributed by atoms with van der Waals surface area (Å²) >= 11 is 5.66. The van der Waals surface area contributed by atoms with Crippen LogP contribution in [0.15, 0.2) is 6.33 Å². The van der Waals surface area contributed by atoms with Gasteiger partial charge in [-0.25, -0.2) is 14.4 Å². The lowest BCUT2D eigenvalue weighted by Gasteiger charge is -2.26. The summed E-state index contributed by atoms with van der Waals surface area (Å²) < 4.78 is 13.6. The minimum Gasteiger partial charge on any atom is -0.363 e. The van der Waals surface area contributed by atoms with E-state index in [1.807, 2.05) is 13.8 Å². The van der Waals surface area contributed by atoms with Crippen LogP contribution in [-0.4, -0.2) is 21.4 Å². The molecule has 1 aromatic rings. The van der Waals surface area contributed by atoms with Gasteiger partial charge in [-0.2, -0.15) is 0 Å². The molecule has 1 N–H and O–H groups in total. The average molecular weight is 232 g/mol. The highest BCUT2D eigenvalue weighted by Crippen LogP contribution is 2.20. The lowest BCUT2D eigenvalue weighted by Crippen LogP contribution is -2.32. The Morgan fingerprint density at radius 2 is 2.13 bits per heavy atom. The number of hydrogen-bond donors (Lipinski definition) is 1. The van der Waals surface area contributed by atoms with E-state index in [0.717, 1.165) is 6.42 Å². The number of alkyl halides is 1. The van der Waals surface area contributed by atoms with E-state index in [4.69, 9.17) is 11.6 Å². The first-order valence-corrected chi connectivity index (χ1v) is 5.31. The molecular formula is C10H15ClFN3. The standard InChI is InChI=1S/C10H15ClFN3/c1-7-8(12)9(14-6-13-7)15-10(2,3)4-5-11/h6H,4-5H2,1-3H3,(H,13,14,15). The summed E-state index contributed by atoms with van der Waals surface area (Å²) in [5.74, 6) is 0.351. The number of halogens is 2. The van der Waals surface area contributed by atoms with E-state index in [1.54, 1.807) is 6.92 Å². The van der Waals surface area contributed by atoms with Gasteiger partial charge in [0.25, 0.3) is 0 Å². The second kappa shape index (κ2) is 4.75. The van der Waals surface area contributed by atoms with Gasteiger partial charge in [0.2, 0.25) is 0 Å². The minimum absolute atomic E-state index is 0.234. The van der Waals surface area contributed by atoms with E-state index >= 15 is 0 Å². The van der Waals surface area contributed by atoms with Crippen LogP contribution in [0.2, 0.25) is 0 Å². The molecule has 84 valence electrons. The molecule has 5 heteroatoms. The van der Waals surface area contributed by atoms with Crippen molar-refractivity contribution in [3.8, 4) is 0 Å². The van der Waals surface area contributed by atoms with Crippen LogP contribution in [0.5, 0.6) is 0 Å². The first kappa shape index (κ1) is 12.2. The van der Waals surface area contributed by atoms with E-state index in [9.17, 15) is 4.39 Å². The maximum Gasteiger partial charge on any atom is 0.186 e. The zero-order chi connectivity index (χ0) is 11.5. The maximum absolute atomic E-state index is 13.6. The first-order chi connectivity index (χ1) is 6.96. The van der Waals surface area contributed by atoms with Gasteiger partial charge in [-0.05, 0) is 27.2 Å². The summed E-state index contributed by atoms with van der Waals surface area (Å²) in [6, 6.07) is 0. The normalized spacial score (nSPS) is 11.5. The quantitative estimate of drug-likeness (QED) is 0.810. The average Bonchev–Trinajstić information content (AvgIpc) is 2.12. The molecule has 0 unspecified atom stereocenters. The summed E-state index contributed by atoms with van der Waals surface area (Å²) in [7, 11) is 0. The summed E-state index contributed by atoms with van der Waals surface area (Å²) in [6.07, 6.45) is 2.08. The van der Waals surface area contributed by atoms with Crippen molar-refractivity contribution in [2.75, 3.05) is 11.2 Å². The van der Waals surface area contributed by atoms with Gasteiger partial charge in [-0.15, -0.1) is 11.6 Å². The summed E-state index contributed by atoms with van der Waals surface area (Å²) in [5.41, 5.74) is 0.0674. The monoisotopic (exact) mass is 231 g/mol. The van der Waals surface area contributed by atoms with Gasteiger partial charge in [0.05, 0.1) is 5.69 Å². The van der Waals surface area contributed by atoms with E-state index in [-0.39, 0.29) is 11.4 Å². The Bertz CT molecular complexity index is 341. The molecule has 0 aliphatic heterocycles. The Balaban J connectivity index is 2.85. The third kappa shape index (κ3) is 3.30. The summed E-state index contributed by atoms with van der Waals surface area (Å²) in [6.45, 7) is 5.51. The van der Waals surface area contributed by atoms with Crippen LogP contribution in [0, 0.1) is 12.7 Å². The summed E-state index contributed by atoms with van der Waals surface area (Å²) in [5, 5.41) is 3.02. The van der Waals surface area contributed by atoms with Crippen molar-refractivity contribution in [3.63, 3.8) is 0 Å². The smallest absolute Gasteiger partial charge is 0.186 e. The molecule has 0 saturated carbocycles. The van der Waals surface area contributed by atoms with Crippen molar-refractivity contribution in [1.82, 2.24) is 9.97 Å². The molecule has 0 aromatic carbocycles. The number of aryl methyl sites for hydroxylation is 1. The van der Waals surface area contributed by atoms with Crippen LogP contribution in [0.25, 0.3) is 0 Å². The van der Waals surface area contributed by atoms with Crippen LogP contribution < -0.4 is 5.32 Å². The zero-order valence-corrected chi connectivity index (χ0v) is 9.90. The first-order valence-electron chi connectivity index (χ1n) is 4.77. The number of hydrogen-bond acceptors (Lipinski definition) is 3. The van der Waals surface area contributed by atoms with Crippen molar-refractivity contribution in [1.29, 1.82) is 0 Å². The van der Waals surface area contributed by atoms with E-state index in [0.29, 0.717) is 11.6 Å². The third-order valence-electron chi connectivity index (χ3n) is 2.14. The molecule has 0 fully saturated rings. The number of nitrogens with zero attached hydrogens (tertiary/aromatic N) is 2. The van der Waals surface area contributed by atoms with Crippen molar-refractivity contribution in [2.45, 2.75) is 32.7 Å². The van der Waals surface area contributed by atoms with Gasteiger partial charge in [0.1, 0.15) is 6.33 Å². The Kier molecular flexibility index (Phi) is 3.85. The predicted molar refractivity (Wildman–Crippen MR) is 59.8 cm³/mol. The Morgan fingerprint density at radius 1 is 1.47 bits per heavy atom. The molecule has 0 saturated heterocycles. The second-order valence-corrected chi connectivity index (χ2v) is 4.45. The molecule has 1 aromatic heterocycles. The highest BCUT2D eigenvalue weighted by molar-refractivity contribution is 6.17. The third-order valence-corrected chi connectivity index (χ3v) is 2.33. The molecule has 0 atom stereocenters. The van der Waals surface area contributed by atoms with Crippen LogP contribution in [0.3, 0.4) is 0 Å². The number of anilines is 1.